The zero-order valence-electron chi connectivity index (χ0n) is 10.8. The number of aryl methyl sites for hydroxylation is 1. The largest absolute Gasteiger partial charge is 0.469 e. The summed E-state index contributed by atoms with van der Waals surface area (Å²) >= 11 is 4.33. The molecular weight excluding hydrogens is 262 g/mol. The van der Waals surface area contributed by atoms with Crippen LogP contribution in [0.2, 0.25) is 0 Å². The molecule has 1 aromatic carbocycles. The van der Waals surface area contributed by atoms with Crippen molar-refractivity contribution in [3.8, 4) is 0 Å². The lowest BCUT2D eigenvalue weighted by molar-refractivity contribution is -0.140. The first-order valence-corrected chi connectivity index (χ1v) is 6.76. The monoisotopic (exact) mass is 279 g/mol. The maximum Gasteiger partial charge on any atom is 0.305 e. The van der Waals surface area contributed by atoms with E-state index in [1.54, 1.807) is 4.90 Å². The maximum atomic E-state index is 11.7. The van der Waals surface area contributed by atoms with Gasteiger partial charge in [-0.1, -0.05) is 12.1 Å². The molecule has 4 nitrogen and oxygen atoms in total. The van der Waals surface area contributed by atoms with Crippen molar-refractivity contribution in [2.75, 3.05) is 18.6 Å². The highest BCUT2D eigenvalue weighted by Crippen LogP contribution is 2.24. The van der Waals surface area contributed by atoms with Gasteiger partial charge in [0.15, 0.2) is 0 Å². The second-order valence-electron chi connectivity index (χ2n) is 4.60. The van der Waals surface area contributed by atoms with Gasteiger partial charge in [-0.25, -0.2) is 0 Å². The van der Waals surface area contributed by atoms with Crippen molar-refractivity contribution in [2.45, 2.75) is 24.5 Å². The van der Waals surface area contributed by atoms with Crippen molar-refractivity contribution in [3.63, 3.8) is 0 Å². The van der Waals surface area contributed by atoms with Gasteiger partial charge in [0.1, 0.15) is 0 Å². The predicted octanol–water partition coefficient (Wildman–Crippen LogP) is 1.83. The first kappa shape index (κ1) is 13.9. The van der Waals surface area contributed by atoms with E-state index in [1.807, 2.05) is 24.3 Å². The van der Waals surface area contributed by atoms with Crippen LogP contribution in [0, 0.1) is 0 Å². The van der Waals surface area contributed by atoms with Gasteiger partial charge in [-0.2, -0.15) is 12.6 Å². The molecule has 0 saturated carbocycles. The molecule has 1 amide bonds. The van der Waals surface area contributed by atoms with Crippen molar-refractivity contribution in [1.29, 1.82) is 0 Å². The van der Waals surface area contributed by atoms with Crippen LogP contribution in [-0.4, -0.2) is 30.8 Å². The minimum absolute atomic E-state index is 0.113. The van der Waals surface area contributed by atoms with E-state index < -0.39 is 0 Å². The number of hydrogen-bond donors (Lipinski definition) is 1. The lowest BCUT2D eigenvalue weighted by Crippen LogP contribution is -2.24. The van der Waals surface area contributed by atoms with Crippen LogP contribution in [0.5, 0.6) is 0 Å². The van der Waals surface area contributed by atoms with E-state index in [1.165, 1.54) is 7.11 Å². The zero-order chi connectivity index (χ0) is 13.8. The molecule has 1 fully saturated rings. The summed E-state index contributed by atoms with van der Waals surface area (Å²) in [5.74, 6) is -0.0981. The normalized spacial score (nSPS) is 18.7. The van der Waals surface area contributed by atoms with Crippen LogP contribution in [0.3, 0.4) is 0 Å². The molecule has 1 unspecified atom stereocenters. The van der Waals surface area contributed by atoms with E-state index in [0.29, 0.717) is 25.8 Å². The summed E-state index contributed by atoms with van der Waals surface area (Å²) in [5, 5.41) is 0.117. The Bertz CT molecular complexity index is 472. The quantitative estimate of drug-likeness (QED) is 0.675. The van der Waals surface area contributed by atoms with E-state index in [0.717, 1.165) is 11.3 Å². The Morgan fingerprint density at radius 3 is 2.63 bits per heavy atom. The molecule has 1 aromatic rings. The van der Waals surface area contributed by atoms with Crippen LogP contribution in [0.15, 0.2) is 24.3 Å². The third kappa shape index (κ3) is 3.50. The highest BCUT2D eigenvalue weighted by Gasteiger charge is 2.27. The topological polar surface area (TPSA) is 46.6 Å². The van der Waals surface area contributed by atoms with Crippen molar-refractivity contribution in [3.05, 3.63) is 29.8 Å². The summed E-state index contributed by atoms with van der Waals surface area (Å²) in [5.41, 5.74) is 1.95. The van der Waals surface area contributed by atoms with Gasteiger partial charge >= 0.3 is 5.97 Å². The second kappa shape index (κ2) is 6.10. The number of amides is 1. The third-order valence-electron chi connectivity index (χ3n) is 3.20. The lowest BCUT2D eigenvalue weighted by atomic mass is 10.1. The third-order valence-corrected chi connectivity index (χ3v) is 3.54. The van der Waals surface area contributed by atoms with Crippen LogP contribution in [-0.2, 0) is 20.7 Å². The second-order valence-corrected chi connectivity index (χ2v) is 5.34. The van der Waals surface area contributed by atoms with Gasteiger partial charge in [0.2, 0.25) is 5.91 Å². The molecule has 1 aliphatic rings. The highest BCUT2D eigenvalue weighted by atomic mass is 32.1. The molecule has 0 aromatic heterocycles. The zero-order valence-corrected chi connectivity index (χ0v) is 11.7. The number of thiol groups is 1. The standard InChI is InChI=1S/C14H17NO3S/c1-18-14(17)7-4-10-2-5-11(6-3-10)15-9-12(19)8-13(15)16/h2-3,5-6,12,19H,4,7-9H2,1H3. The number of rotatable bonds is 4. The van der Waals surface area contributed by atoms with Crippen molar-refractivity contribution < 1.29 is 14.3 Å². The van der Waals surface area contributed by atoms with Crippen molar-refractivity contribution in [2.24, 2.45) is 0 Å². The van der Waals surface area contributed by atoms with Gasteiger partial charge in [-0.05, 0) is 24.1 Å². The number of benzene rings is 1. The first-order chi connectivity index (χ1) is 9.10. The van der Waals surface area contributed by atoms with Crippen LogP contribution in [0.1, 0.15) is 18.4 Å². The fraction of sp³-hybridized carbons (Fsp3) is 0.429. The van der Waals surface area contributed by atoms with Gasteiger partial charge in [0.25, 0.3) is 0 Å². The van der Waals surface area contributed by atoms with E-state index in [2.05, 4.69) is 17.4 Å². The summed E-state index contributed by atoms with van der Waals surface area (Å²) < 4.78 is 4.60. The minimum atomic E-state index is -0.211. The van der Waals surface area contributed by atoms with E-state index in [-0.39, 0.29) is 17.1 Å². The molecule has 102 valence electrons. The average Bonchev–Trinajstić information content (AvgIpc) is 2.75. The highest BCUT2D eigenvalue weighted by molar-refractivity contribution is 7.81. The van der Waals surface area contributed by atoms with Crippen LogP contribution in [0.4, 0.5) is 5.69 Å². The van der Waals surface area contributed by atoms with Crippen LogP contribution in [0.25, 0.3) is 0 Å². The van der Waals surface area contributed by atoms with Gasteiger partial charge in [0, 0.05) is 30.3 Å². The first-order valence-electron chi connectivity index (χ1n) is 6.24. The van der Waals surface area contributed by atoms with Gasteiger partial charge in [-0.15, -0.1) is 0 Å². The molecule has 0 spiro atoms. The number of anilines is 1. The number of carbonyl (C=O) groups is 2. The number of ether oxygens (including phenoxy) is 1. The summed E-state index contributed by atoms with van der Waals surface area (Å²) in [6.07, 6.45) is 1.51. The molecule has 1 atom stereocenters. The molecule has 0 N–H and O–H groups in total. The van der Waals surface area contributed by atoms with Crippen LogP contribution >= 0.6 is 12.6 Å². The Labute approximate surface area is 118 Å². The molecule has 0 radical (unpaired) electrons. The lowest BCUT2D eigenvalue weighted by Gasteiger charge is -2.16. The SMILES string of the molecule is COC(=O)CCc1ccc(N2CC(S)CC2=O)cc1. The fourth-order valence-corrected chi connectivity index (χ4v) is 2.45. The number of methoxy groups -OCH3 is 1. The van der Waals surface area contributed by atoms with Crippen molar-refractivity contribution >= 4 is 30.2 Å². The summed E-state index contributed by atoms with van der Waals surface area (Å²) in [4.78, 5) is 24.5. The molecule has 1 aliphatic heterocycles. The smallest absolute Gasteiger partial charge is 0.305 e. The van der Waals surface area contributed by atoms with E-state index >= 15 is 0 Å². The van der Waals surface area contributed by atoms with Gasteiger partial charge < -0.3 is 9.64 Å². The van der Waals surface area contributed by atoms with Gasteiger partial charge in [-0.3, -0.25) is 9.59 Å². The van der Waals surface area contributed by atoms with Crippen molar-refractivity contribution in [1.82, 2.24) is 0 Å². The summed E-state index contributed by atoms with van der Waals surface area (Å²) in [7, 11) is 1.39. The van der Waals surface area contributed by atoms with E-state index in [4.69, 9.17) is 0 Å². The molecule has 2 rings (SSSR count). The number of nitrogens with zero attached hydrogens (tertiary/aromatic N) is 1. The van der Waals surface area contributed by atoms with E-state index in [9.17, 15) is 9.59 Å². The number of esters is 1. The predicted molar refractivity (Wildman–Crippen MR) is 76.5 cm³/mol. The maximum absolute atomic E-state index is 11.7. The van der Waals surface area contributed by atoms with Gasteiger partial charge in [0.05, 0.1) is 7.11 Å². The Balaban J connectivity index is 1.98. The Hall–Kier alpha value is -1.49. The molecule has 0 aliphatic carbocycles. The number of carbonyl (C=O) groups excluding carboxylic acids is 2. The Morgan fingerprint density at radius 1 is 1.42 bits per heavy atom. The molecule has 1 heterocycles. The Kier molecular flexibility index (Phi) is 4.47. The molecule has 1 saturated heterocycles. The number of hydrogen-bond acceptors (Lipinski definition) is 4. The van der Waals surface area contributed by atoms with Crippen LogP contribution < -0.4 is 4.90 Å². The molecular formula is C14H17NO3S. The fourth-order valence-electron chi connectivity index (χ4n) is 2.13. The summed E-state index contributed by atoms with van der Waals surface area (Å²) in [6.45, 7) is 0.656. The minimum Gasteiger partial charge on any atom is -0.469 e. The summed E-state index contributed by atoms with van der Waals surface area (Å²) in [6, 6.07) is 7.71. The Morgan fingerprint density at radius 2 is 2.11 bits per heavy atom. The molecule has 5 heteroatoms. The molecule has 0 bridgehead atoms. The average molecular weight is 279 g/mol. The molecule has 19 heavy (non-hydrogen) atoms.